The van der Waals surface area contributed by atoms with Crippen LogP contribution < -0.4 is 11.1 Å². The number of aromatic nitrogens is 4. The molecule has 38 heavy (non-hydrogen) atoms. The van der Waals surface area contributed by atoms with E-state index in [0.717, 1.165) is 92.3 Å². The molecule has 9 heteroatoms. The molecule has 1 aliphatic rings. The molecule has 1 amide bonds. The van der Waals surface area contributed by atoms with Crippen LogP contribution in [-0.2, 0) is 4.79 Å². The quantitative estimate of drug-likeness (QED) is 0.198. The first-order chi connectivity index (χ1) is 18.5. The van der Waals surface area contributed by atoms with Gasteiger partial charge < -0.3 is 20.9 Å². The highest BCUT2D eigenvalue weighted by Gasteiger charge is 2.23. The Balaban J connectivity index is 1.33. The van der Waals surface area contributed by atoms with Crippen molar-refractivity contribution in [2.45, 2.75) is 51.4 Å². The Hall–Kier alpha value is -3.56. The summed E-state index contributed by atoms with van der Waals surface area (Å²) in [5, 5.41) is 8.39. The molecule has 5 rings (SSSR count). The average Bonchev–Trinajstić information content (AvgIpc) is 3.54. The number of likely N-dealkylation sites (tertiary alicyclic amines) is 1. The number of H-pyrrole nitrogens is 1. The molecule has 1 fully saturated rings. The number of amides is 1. The zero-order valence-electron chi connectivity index (χ0n) is 22.1. The summed E-state index contributed by atoms with van der Waals surface area (Å²) in [6.45, 7) is 2.60. The van der Waals surface area contributed by atoms with E-state index in [1.54, 1.807) is 16.9 Å². The van der Waals surface area contributed by atoms with Crippen molar-refractivity contribution in [3.8, 4) is 11.1 Å². The second-order valence-corrected chi connectivity index (χ2v) is 10.4. The molecule has 0 unspecified atom stereocenters. The van der Waals surface area contributed by atoms with E-state index in [4.69, 9.17) is 5.73 Å². The van der Waals surface area contributed by atoms with Gasteiger partial charge in [0.15, 0.2) is 5.78 Å². The van der Waals surface area contributed by atoms with Crippen LogP contribution in [0.15, 0.2) is 43.0 Å². The predicted octanol–water partition coefficient (Wildman–Crippen LogP) is 4.64. The van der Waals surface area contributed by atoms with E-state index in [-0.39, 0.29) is 17.6 Å². The molecule has 200 valence electrons. The van der Waals surface area contributed by atoms with Crippen LogP contribution in [0.2, 0.25) is 0 Å². The topological polar surface area (TPSA) is 121 Å². The van der Waals surface area contributed by atoms with Gasteiger partial charge in [-0.15, -0.1) is 0 Å². The second-order valence-electron chi connectivity index (χ2n) is 10.4. The number of Topliss-reactive ketones (excluding diaryl/α,β-unsaturated/α-hetero) is 1. The summed E-state index contributed by atoms with van der Waals surface area (Å²) in [6, 6.07) is 5.96. The molecule has 5 heterocycles. The SMILES string of the molecule is CN1CCC(C(=O)Nc2cnc3[nH]cc(-c4ccn5ncc(C(=O)CCCCCCCN)c5c4)c3c2)CC1. The van der Waals surface area contributed by atoms with Gasteiger partial charge in [-0.3, -0.25) is 9.59 Å². The number of aromatic amines is 1. The Morgan fingerprint density at radius 2 is 1.89 bits per heavy atom. The first-order valence-corrected chi connectivity index (χ1v) is 13.7. The molecule has 0 bridgehead atoms. The molecule has 1 aliphatic heterocycles. The van der Waals surface area contributed by atoms with Crippen LogP contribution in [0.5, 0.6) is 0 Å². The largest absolute Gasteiger partial charge is 0.346 e. The van der Waals surface area contributed by atoms with Crippen LogP contribution in [0.25, 0.3) is 27.7 Å². The summed E-state index contributed by atoms with van der Waals surface area (Å²) in [5.74, 6) is 0.203. The Labute approximate surface area is 222 Å². The van der Waals surface area contributed by atoms with E-state index in [2.05, 4.69) is 32.3 Å². The summed E-state index contributed by atoms with van der Waals surface area (Å²) >= 11 is 0. The lowest BCUT2D eigenvalue weighted by atomic mass is 9.96. The van der Waals surface area contributed by atoms with Crippen molar-refractivity contribution in [2.24, 2.45) is 11.7 Å². The molecule has 0 saturated carbocycles. The lowest BCUT2D eigenvalue weighted by Crippen LogP contribution is -2.35. The zero-order chi connectivity index (χ0) is 26.5. The highest BCUT2D eigenvalue weighted by Crippen LogP contribution is 2.31. The van der Waals surface area contributed by atoms with E-state index in [0.29, 0.717) is 17.7 Å². The van der Waals surface area contributed by atoms with Gasteiger partial charge in [-0.05, 0) is 76.1 Å². The summed E-state index contributed by atoms with van der Waals surface area (Å²) in [6.07, 6.45) is 14.6. The number of carbonyl (C=O) groups is 2. The van der Waals surface area contributed by atoms with Crippen molar-refractivity contribution in [2.75, 3.05) is 32.0 Å². The number of unbranched alkanes of at least 4 members (excludes halogenated alkanes) is 4. The van der Waals surface area contributed by atoms with Crippen molar-refractivity contribution < 1.29 is 9.59 Å². The van der Waals surface area contributed by atoms with E-state index >= 15 is 0 Å². The number of rotatable bonds is 11. The van der Waals surface area contributed by atoms with Gasteiger partial charge in [0.05, 0.1) is 29.2 Å². The zero-order valence-corrected chi connectivity index (χ0v) is 22.1. The minimum atomic E-state index is 0.0266. The molecule has 4 aromatic heterocycles. The predicted molar refractivity (Wildman–Crippen MR) is 150 cm³/mol. The fourth-order valence-electron chi connectivity index (χ4n) is 5.28. The number of fused-ring (bicyclic) bond motifs is 2. The first-order valence-electron chi connectivity index (χ1n) is 13.7. The third-order valence-corrected chi connectivity index (χ3v) is 7.63. The van der Waals surface area contributed by atoms with Crippen LogP contribution in [0, 0.1) is 5.92 Å². The maximum Gasteiger partial charge on any atom is 0.227 e. The molecule has 9 nitrogen and oxygen atoms in total. The first kappa shape index (κ1) is 26.1. The van der Waals surface area contributed by atoms with E-state index in [9.17, 15) is 9.59 Å². The highest BCUT2D eigenvalue weighted by molar-refractivity contribution is 6.03. The number of carbonyl (C=O) groups excluding carboxylic acids is 2. The fraction of sp³-hybridized carbons (Fsp3) is 0.448. The minimum Gasteiger partial charge on any atom is -0.346 e. The van der Waals surface area contributed by atoms with Crippen LogP contribution in [-0.4, -0.2) is 62.9 Å². The summed E-state index contributed by atoms with van der Waals surface area (Å²) < 4.78 is 1.75. The third kappa shape index (κ3) is 5.79. The molecule has 0 aliphatic carbocycles. The van der Waals surface area contributed by atoms with Crippen molar-refractivity contribution in [3.63, 3.8) is 0 Å². The summed E-state index contributed by atoms with van der Waals surface area (Å²) in [7, 11) is 2.09. The van der Waals surface area contributed by atoms with Crippen molar-refractivity contribution in [3.05, 3.63) is 48.5 Å². The number of piperidine rings is 1. The average molecular weight is 516 g/mol. The summed E-state index contributed by atoms with van der Waals surface area (Å²) in [5.41, 5.74) is 10.4. The molecule has 1 saturated heterocycles. The standard InChI is InChI=1S/C29H37N7O2/c1-35-12-8-20(9-13-35)29(38)34-22-16-23-24(18-32-28(23)31-17-22)21-10-14-36-26(15-21)25(19-33-36)27(37)7-5-3-2-4-6-11-30/h10,14-20H,2-9,11-13,30H2,1H3,(H,31,32)(H,34,38). The van der Waals surface area contributed by atoms with Crippen LogP contribution in [0.1, 0.15) is 61.7 Å². The molecule has 0 atom stereocenters. The normalized spacial score (nSPS) is 14.9. The molecule has 4 N–H and O–H groups in total. The van der Waals surface area contributed by atoms with Gasteiger partial charge in [-0.2, -0.15) is 5.10 Å². The fourth-order valence-corrected chi connectivity index (χ4v) is 5.28. The number of nitrogens with one attached hydrogen (secondary N) is 2. The monoisotopic (exact) mass is 515 g/mol. The van der Waals surface area contributed by atoms with Gasteiger partial charge in [-0.1, -0.05) is 19.3 Å². The van der Waals surface area contributed by atoms with Crippen molar-refractivity contribution >= 4 is 33.9 Å². The van der Waals surface area contributed by atoms with E-state index in [1.807, 2.05) is 30.6 Å². The van der Waals surface area contributed by atoms with Crippen LogP contribution >= 0.6 is 0 Å². The maximum absolute atomic E-state index is 13.0. The van der Waals surface area contributed by atoms with Gasteiger partial charge in [0.2, 0.25) is 5.91 Å². The molecule has 0 radical (unpaired) electrons. The number of nitrogens with two attached hydrogens (primary N) is 1. The molecule has 4 aromatic rings. The lowest BCUT2D eigenvalue weighted by Gasteiger charge is -2.28. The van der Waals surface area contributed by atoms with Crippen molar-refractivity contribution in [1.29, 1.82) is 0 Å². The summed E-state index contributed by atoms with van der Waals surface area (Å²) in [4.78, 5) is 35.9. The Bertz CT molecular complexity index is 1420. The van der Waals surface area contributed by atoms with E-state index in [1.165, 1.54) is 0 Å². The van der Waals surface area contributed by atoms with Gasteiger partial charge in [0.1, 0.15) is 5.65 Å². The van der Waals surface area contributed by atoms with Gasteiger partial charge in [-0.25, -0.2) is 9.50 Å². The molecule has 0 aromatic carbocycles. The van der Waals surface area contributed by atoms with E-state index < -0.39 is 0 Å². The van der Waals surface area contributed by atoms with Gasteiger partial charge >= 0.3 is 0 Å². The smallest absolute Gasteiger partial charge is 0.227 e. The number of hydrogen-bond acceptors (Lipinski definition) is 6. The maximum atomic E-state index is 13.0. The van der Waals surface area contributed by atoms with Crippen LogP contribution in [0.4, 0.5) is 5.69 Å². The Morgan fingerprint density at radius 1 is 1.11 bits per heavy atom. The second kappa shape index (κ2) is 11.9. The molecular formula is C29H37N7O2. The number of hydrogen-bond donors (Lipinski definition) is 3. The minimum absolute atomic E-state index is 0.0266. The number of anilines is 1. The molecule has 0 spiro atoms. The lowest BCUT2D eigenvalue weighted by molar-refractivity contribution is -0.121. The molecular weight excluding hydrogens is 478 g/mol. The van der Waals surface area contributed by atoms with Crippen LogP contribution in [0.3, 0.4) is 0 Å². The van der Waals surface area contributed by atoms with Gasteiger partial charge in [0, 0.05) is 35.7 Å². The highest BCUT2D eigenvalue weighted by atomic mass is 16.2. The number of ketones is 1. The number of nitrogens with zero attached hydrogens (tertiary/aromatic N) is 4. The Morgan fingerprint density at radius 3 is 2.71 bits per heavy atom. The van der Waals surface area contributed by atoms with Crippen molar-refractivity contribution in [1.82, 2.24) is 24.5 Å². The number of pyridine rings is 2. The van der Waals surface area contributed by atoms with Gasteiger partial charge in [0.25, 0.3) is 0 Å². The Kier molecular flexibility index (Phi) is 8.14. The third-order valence-electron chi connectivity index (χ3n) is 7.63.